The van der Waals surface area contributed by atoms with Crippen molar-refractivity contribution in [3.63, 3.8) is 0 Å². The molecule has 1 amide bonds. The highest BCUT2D eigenvalue weighted by Crippen LogP contribution is 2.13. The lowest BCUT2D eigenvalue weighted by Gasteiger charge is -2.24. The minimum Gasteiger partial charge on any atom is -0.351 e. The smallest absolute Gasteiger partial charge is 0.251 e. The third-order valence-corrected chi connectivity index (χ3v) is 6.35. The first-order valence-corrected chi connectivity index (χ1v) is 11.1. The van der Waals surface area contributed by atoms with Gasteiger partial charge in [-0.25, -0.2) is 8.42 Å². The molecule has 0 saturated carbocycles. The van der Waals surface area contributed by atoms with Crippen molar-refractivity contribution in [2.75, 3.05) is 33.7 Å². The van der Waals surface area contributed by atoms with Crippen molar-refractivity contribution in [3.05, 3.63) is 28.7 Å². The molecule has 0 spiro atoms. The fraction of sp³-hybridized carbons (Fsp3) is 0.684. The monoisotopic (exact) mass is 414 g/mol. The van der Waals surface area contributed by atoms with Gasteiger partial charge in [-0.3, -0.25) is 9.59 Å². The van der Waals surface area contributed by atoms with E-state index in [0.717, 1.165) is 11.0 Å². The number of carbonyl (C=O) groups is 1. The maximum atomic E-state index is 12.7. The Labute approximate surface area is 168 Å². The molecule has 1 atom stereocenters. The largest absolute Gasteiger partial charge is 0.351 e. The molecule has 1 aromatic rings. The number of carbonyl (C=O) groups excluding carboxylic acids is 1. The summed E-state index contributed by atoms with van der Waals surface area (Å²) in [5.41, 5.74) is -0.415. The van der Waals surface area contributed by atoms with Gasteiger partial charge in [-0.05, 0) is 32.5 Å². The minimum absolute atomic E-state index is 0.00984. The number of amides is 1. The summed E-state index contributed by atoms with van der Waals surface area (Å²) in [7, 11) is 0.176. The maximum absolute atomic E-state index is 12.7. The predicted octanol–water partition coefficient (Wildman–Crippen LogP) is 0.971. The zero-order valence-corrected chi connectivity index (χ0v) is 18.6. The average molecular weight is 415 g/mol. The zero-order chi connectivity index (χ0) is 21.5. The highest BCUT2D eigenvalue weighted by atomic mass is 32.2. The quantitative estimate of drug-likeness (QED) is 0.583. The first kappa shape index (κ1) is 24.3. The van der Waals surface area contributed by atoms with E-state index in [1.807, 2.05) is 19.0 Å². The topological polar surface area (TPSA) is 91.7 Å². The Bertz CT molecular complexity index is 788. The van der Waals surface area contributed by atoms with E-state index in [0.29, 0.717) is 25.6 Å². The molecule has 0 radical (unpaired) electrons. The first-order valence-electron chi connectivity index (χ1n) is 9.65. The van der Waals surface area contributed by atoms with Crippen LogP contribution in [0.15, 0.2) is 28.0 Å². The van der Waals surface area contributed by atoms with E-state index in [2.05, 4.69) is 19.2 Å². The molecule has 0 fully saturated rings. The number of likely N-dealkylation sites (N-methyl/N-ethyl adjacent to an activating group) is 1. The summed E-state index contributed by atoms with van der Waals surface area (Å²) >= 11 is 0. The summed E-state index contributed by atoms with van der Waals surface area (Å²) in [5, 5.41) is 2.96. The van der Waals surface area contributed by atoms with Crippen molar-refractivity contribution in [3.8, 4) is 0 Å². The summed E-state index contributed by atoms with van der Waals surface area (Å²) in [6, 6.07) is 2.44. The van der Waals surface area contributed by atoms with E-state index in [4.69, 9.17) is 0 Å². The molecule has 0 bridgehead atoms. The van der Waals surface area contributed by atoms with Crippen molar-refractivity contribution in [2.45, 2.75) is 51.6 Å². The van der Waals surface area contributed by atoms with Crippen LogP contribution in [0.2, 0.25) is 0 Å². The van der Waals surface area contributed by atoms with Crippen LogP contribution in [-0.2, 0) is 21.4 Å². The first-order chi connectivity index (χ1) is 13.0. The van der Waals surface area contributed by atoms with Gasteiger partial charge in [-0.1, -0.05) is 27.7 Å². The maximum Gasteiger partial charge on any atom is 0.251 e. The molecule has 28 heavy (non-hydrogen) atoms. The van der Waals surface area contributed by atoms with Gasteiger partial charge >= 0.3 is 0 Å². The molecule has 160 valence electrons. The number of sulfonamides is 1. The van der Waals surface area contributed by atoms with Crippen LogP contribution in [0.5, 0.6) is 0 Å². The molecule has 9 heteroatoms. The fourth-order valence-corrected chi connectivity index (χ4v) is 4.59. The zero-order valence-electron chi connectivity index (χ0n) is 17.8. The third-order valence-electron chi connectivity index (χ3n) is 4.32. The number of nitrogens with zero attached hydrogens (tertiary/aromatic N) is 3. The van der Waals surface area contributed by atoms with Gasteiger partial charge in [-0.15, -0.1) is 0 Å². The second-order valence-corrected chi connectivity index (χ2v) is 9.51. The lowest BCUT2D eigenvalue weighted by molar-refractivity contribution is -0.122. The average Bonchev–Trinajstić information content (AvgIpc) is 2.56. The van der Waals surface area contributed by atoms with Crippen LogP contribution in [0.25, 0.3) is 0 Å². The summed E-state index contributed by atoms with van der Waals surface area (Å²) in [6.45, 7) is 8.81. The van der Waals surface area contributed by atoms with Crippen LogP contribution in [-0.4, -0.2) is 67.9 Å². The Morgan fingerprint density at radius 2 is 1.79 bits per heavy atom. The second kappa shape index (κ2) is 10.7. The minimum atomic E-state index is -3.70. The van der Waals surface area contributed by atoms with Crippen LogP contribution in [0.1, 0.15) is 34.1 Å². The summed E-state index contributed by atoms with van der Waals surface area (Å²) in [6.07, 6.45) is 2.06. The van der Waals surface area contributed by atoms with Crippen LogP contribution in [0.3, 0.4) is 0 Å². The van der Waals surface area contributed by atoms with Gasteiger partial charge in [-0.2, -0.15) is 4.31 Å². The van der Waals surface area contributed by atoms with Gasteiger partial charge in [0, 0.05) is 37.9 Å². The third kappa shape index (κ3) is 7.03. The van der Waals surface area contributed by atoms with Crippen LogP contribution in [0.4, 0.5) is 0 Å². The van der Waals surface area contributed by atoms with E-state index in [1.165, 1.54) is 22.6 Å². The van der Waals surface area contributed by atoms with Crippen molar-refractivity contribution < 1.29 is 13.2 Å². The summed E-state index contributed by atoms with van der Waals surface area (Å²) in [5.74, 6) is 0.0995. The fourth-order valence-electron chi connectivity index (χ4n) is 3.12. The molecule has 0 aliphatic carbocycles. The molecule has 0 aliphatic rings. The molecular formula is C19H34N4O4S. The number of hydrogen-bond donors (Lipinski definition) is 1. The van der Waals surface area contributed by atoms with Crippen LogP contribution >= 0.6 is 0 Å². The number of aromatic nitrogens is 1. The SMILES string of the molecule is CCN(CC)S(=O)(=O)c1ccc(=O)n(CC(=O)N[C@@H](CC(C)C)CN(C)C)c1. The van der Waals surface area contributed by atoms with Crippen molar-refractivity contribution in [1.29, 1.82) is 0 Å². The molecule has 1 N–H and O–H groups in total. The molecule has 8 nitrogen and oxygen atoms in total. The lowest BCUT2D eigenvalue weighted by Crippen LogP contribution is -2.44. The number of pyridine rings is 1. The number of hydrogen-bond acceptors (Lipinski definition) is 5. The second-order valence-electron chi connectivity index (χ2n) is 7.58. The predicted molar refractivity (Wildman–Crippen MR) is 111 cm³/mol. The van der Waals surface area contributed by atoms with Gasteiger partial charge in [0.05, 0.1) is 4.90 Å². The molecule has 0 aromatic carbocycles. The van der Waals surface area contributed by atoms with Crippen molar-refractivity contribution in [1.82, 2.24) is 19.1 Å². The van der Waals surface area contributed by atoms with Crippen LogP contribution < -0.4 is 10.9 Å². The Morgan fingerprint density at radius 3 is 2.29 bits per heavy atom. The highest BCUT2D eigenvalue weighted by Gasteiger charge is 2.23. The van der Waals surface area contributed by atoms with E-state index in [9.17, 15) is 18.0 Å². The Morgan fingerprint density at radius 1 is 1.18 bits per heavy atom. The number of nitrogens with one attached hydrogen (secondary N) is 1. The van der Waals surface area contributed by atoms with Crippen molar-refractivity contribution >= 4 is 15.9 Å². The van der Waals surface area contributed by atoms with Gasteiger partial charge in [0.25, 0.3) is 5.56 Å². The normalized spacial score (nSPS) is 13.3. The van der Waals surface area contributed by atoms with Gasteiger partial charge < -0.3 is 14.8 Å². The molecule has 1 heterocycles. The van der Waals surface area contributed by atoms with Crippen LogP contribution in [0, 0.1) is 5.92 Å². The van der Waals surface area contributed by atoms with E-state index in [1.54, 1.807) is 13.8 Å². The molecule has 0 unspecified atom stereocenters. The molecule has 1 rings (SSSR count). The van der Waals surface area contributed by atoms with E-state index in [-0.39, 0.29) is 23.4 Å². The van der Waals surface area contributed by atoms with E-state index < -0.39 is 15.6 Å². The van der Waals surface area contributed by atoms with E-state index >= 15 is 0 Å². The molecular weight excluding hydrogens is 380 g/mol. The Kier molecular flexibility index (Phi) is 9.32. The standard InChI is InChI=1S/C19H34N4O4S/c1-7-23(8-2)28(26,27)17-9-10-19(25)22(13-17)14-18(24)20-16(11-15(3)4)12-21(5)6/h9-10,13,15-16H,7-8,11-12,14H2,1-6H3,(H,20,24)/t16-/m0/s1. The molecule has 1 aromatic heterocycles. The Hall–Kier alpha value is -1.71. The highest BCUT2D eigenvalue weighted by molar-refractivity contribution is 7.89. The summed E-state index contributed by atoms with van der Waals surface area (Å²) < 4.78 is 27.8. The van der Waals surface area contributed by atoms with Gasteiger partial charge in [0.15, 0.2) is 0 Å². The summed E-state index contributed by atoms with van der Waals surface area (Å²) in [4.78, 5) is 26.7. The lowest BCUT2D eigenvalue weighted by atomic mass is 10.0. The van der Waals surface area contributed by atoms with Crippen molar-refractivity contribution in [2.24, 2.45) is 5.92 Å². The number of rotatable bonds is 11. The Balaban J connectivity index is 3.02. The van der Waals surface area contributed by atoms with Gasteiger partial charge in [0.1, 0.15) is 6.54 Å². The molecule has 0 aliphatic heterocycles. The molecule has 0 saturated heterocycles. The van der Waals surface area contributed by atoms with Gasteiger partial charge in [0.2, 0.25) is 15.9 Å².